The number of ether oxygens (including phenoxy) is 2. The molecule has 114 valence electrons. The van der Waals surface area contributed by atoms with Crippen molar-refractivity contribution in [2.24, 2.45) is 0 Å². The van der Waals surface area contributed by atoms with Crippen LogP contribution in [0.25, 0.3) is 0 Å². The number of carbonyl (C=O) groups excluding carboxylic acids is 1. The van der Waals surface area contributed by atoms with Crippen molar-refractivity contribution in [2.75, 3.05) is 13.2 Å². The highest BCUT2D eigenvalue weighted by Gasteiger charge is 2.17. The van der Waals surface area contributed by atoms with Gasteiger partial charge in [-0.25, -0.2) is 0 Å². The Morgan fingerprint density at radius 3 is 2.60 bits per heavy atom. The Morgan fingerprint density at radius 2 is 2.05 bits per heavy atom. The summed E-state index contributed by atoms with van der Waals surface area (Å²) in [5.74, 6) is 0. The van der Waals surface area contributed by atoms with Gasteiger partial charge in [0, 0.05) is 14.7 Å². The van der Waals surface area contributed by atoms with Crippen molar-refractivity contribution in [3.63, 3.8) is 0 Å². The van der Waals surface area contributed by atoms with E-state index >= 15 is 0 Å². The monoisotopic (exact) mass is 362 g/mol. The molecule has 1 aromatic rings. The molecule has 0 aromatic carbocycles. The van der Waals surface area contributed by atoms with Crippen LogP contribution in [0.5, 0.6) is 6.01 Å². The first-order valence-corrected chi connectivity index (χ1v) is 11.3. The maximum absolute atomic E-state index is 11.1. The van der Waals surface area contributed by atoms with Crippen molar-refractivity contribution in [2.45, 2.75) is 45.8 Å². The summed E-state index contributed by atoms with van der Waals surface area (Å²) in [6.45, 7) is 10.5. The van der Waals surface area contributed by atoms with Gasteiger partial charge in [0.25, 0.3) is 6.01 Å². The minimum Gasteiger partial charge on any atom is -0.465 e. The van der Waals surface area contributed by atoms with Crippen LogP contribution in [-0.2, 0) is 11.5 Å². The topological polar surface area (TPSA) is 53.3 Å². The predicted molar refractivity (Wildman–Crippen MR) is 85.2 cm³/mol. The maximum Gasteiger partial charge on any atom is 0.299 e. The summed E-state index contributed by atoms with van der Waals surface area (Å²) in [4.78, 5) is 15.3. The molecule has 0 bridgehead atoms. The fourth-order valence-corrected chi connectivity index (χ4v) is 2.71. The molecular weight excluding hydrogens is 340 g/mol. The highest BCUT2D eigenvalue weighted by molar-refractivity contribution is 9.10. The molecule has 0 unspecified atom stereocenters. The van der Waals surface area contributed by atoms with E-state index in [4.69, 9.17) is 9.47 Å². The number of carbonyl (C=O) groups is 1. The van der Waals surface area contributed by atoms with Crippen molar-refractivity contribution < 1.29 is 14.3 Å². The lowest BCUT2D eigenvalue weighted by molar-refractivity contribution is 0.0756. The Bertz CT molecular complexity index is 444. The average molecular weight is 363 g/mol. The molecule has 0 aliphatic heterocycles. The van der Waals surface area contributed by atoms with Crippen molar-refractivity contribution in [3.8, 4) is 6.01 Å². The molecule has 0 spiro atoms. The van der Waals surface area contributed by atoms with Crippen molar-refractivity contribution in [1.29, 1.82) is 0 Å². The van der Waals surface area contributed by atoms with Gasteiger partial charge in [0.15, 0.2) is 6.29 Å². The van der Waals surface area contributed by atoms with Crippen LogP contribution in [0.3, 0.4) is 0 Å². The van der Waals surface area contributed by atoms with E-state index in [1.165, 1.54) is 0 Å². The van der Waals surface area contributed by atoms with E-state index in [1.807, 2.05) is 6.92 Å². The molecule has 5 nitrogen and oxygen atoms in total. The first kappa shape index (κ1) is 17.4. The molecule has 0 aliphatic carbocycles. The second-order valence-corrected chi connectivity index (χ2v) is 12.2. The van der Waals surface area contributed by atoms with Gasteiger partial charge in [-0.3, -0.25) is 9.36 Å². The largest absolute Gasteiger partial charge is 0.465 e. The van der Waals surface area contributed by atoms with Gasteiger partial charge in [0.05, 0.1) is 6.61 Å². The van der Waals surface area contributed by atoms with Crippen LogP contribution < -0.4 is 4.74 Å². The summed E-state index contributed by atoms with van der Waals surface area (Å²) in [6, 6.07) is 1.51. The lowest BCUT2D eigenvalue weighted by Crippen LogP contribution is -2.22. The molecule has 0 fully saturated rings. The maximum atomic E-state index is 11.1. The number of hydrogen-bond donors (Lipinski definition) is 0. The Morgan fingerprint density at radius 1 is 1.35 bits per heavy atom. The van der Waals surface area contributed by atoms with E-state index < -0.39 is 8.07 Å². The molecule has 7 heteroatoms. The molecule has 1 heterocycles. The third-order valence-electron chi connectivity index (χ3n) is 2.69. The standard InChI is InChI=1S/C13H23BrN2O3Si/c1-5-6-19-13-15-12(14)11(9-17)16(13)10-18-7-8-20(2,3)4/h9H,5-8,10H2,1-4H3. The Kier molecular flexibility index (Phi) is 6.91. The van der Waals surface area contributed by atoms with Gasteiger partial charge in [-0.15, -0.1) is 0 Å². The molecule has 0 aliphatic rings. The molecular formula is C13H23BrN2O3Si. The fourth-order valence-electron chi connectivity index (χ4n) is 1.49. The zero-order valence-corrected chi connectivity index (χ0v) is 15.2. The molecule has 20 heavy (non-hydrogen) atoms. The van der Waals surface area contributed by atoms with E-state index in [2.05, 4.69) is 40.6 Å². The first-order chi connectivity index (χ1) is 9.39. The minimum atomic E-state index is -1.11. The molecule has 0 atom stereocenters. The van der Waals surface area contributed by atoms with Crippen LogP contribution in [0.1, 0.15) is 23.8 Å². The van der Waals surface area contributed by atoms with Crippen molar-refractivity contribution in [1.82, 2.24) is 9.55 Å². The van der Waals surface area contributed by atoms with Crippen LogP contribution in [0, 0.1) is 0 Å². The quantitative estimate of drug-likeness (QED) is 0.382. The zero-order chi connectivity index (χ0) is 15.2. The zero-order valence-electron chi connectivity index (χ0n) is 12.6. The summed E-state index contributed by atoms with van der Waals surface area (Å²) < 4.78 is 13.4. The smallest absolute Gasteiger partial charge is 0.299 e. The van der Waals surface area contributed by atoms with Crippen LogP contribution in [0.15, 0.2) is 4.60 Å². The Balaban J connectivity index is 2.68. The molecule has 0 saturated carbocycles. The number of aldehydes is 1. The summed E-state index contributed by atoms with van der Waals surface area (Å²) >= 11 is 3.27. The summed E-state index contributed by atoms with van der Waals surface area (Å²) in [5.41, 5.74) is 0.448. The van der Waals surface area contributed by atoms with E-state index in [1.54, 1.807) is 4.57 Å². The predicted octanol–water partition coefficient (Wildman–Crippen LogP) is 3.56. The Hall–Kier alpha value is -0.663. The number of hydrogen-bond acceptors (Lipinski definition) is 4. The van der Waals surface area contributed by atoms with Gasteiger partial charge in [-0.1, -0.05) is 26.6 Å². The Labute approximate surface area is 129 Å². The van der Waals surface area contributed by atoms with Gasteiger partial charge in [0.2, 0.25) is 0 Å². The SMILES string of the molecule is CCCOc1nc(Br)c(C=O)n1COCC[Si](C)(C)C. The highest BCUT2D eigenvalue weighted by atomic mass is 79.9. The van der Waals surface area contributed by atoms with E-state index in [0.29, 0.717) is 29.5 Å². The number of rotatable bonds is 9. The average Bonchev–Trinajstić information content (AvgIpc) is 2.66. The molecule has 1 aromatic heterocycles. The molecule has 0 saturated heterocycles. The van der Waals surface area contributed by atoms with Gasteiger partial charge in [-0.05, 0) is 28.4 Å². The third-order valence-corrected chi connectivity index (χ3v) is 4.98. The van der Waals surface area contributed by atoms with Gasteiger partial charge < -0.3 is 9.47 Å². The highest BCUT2D eigenvalue weighted by Crippen LogP contribution is 2.22. The normalized spacial score (nSPS) is 11.7. The molecule has 0 radical (unpaired) electrons. The molecule has 0 amide bonds. The van der Waals surface area contributed by atoms with Crippen LogP contribution in [-0.4, -0.2) is 37.1 Å². The summed E-state index contributed by atoms with van der Waals surface area (Å²) in [7, 11) is -1.11. The van der Waals surface area contributed by atoms with E-state index in [-0.39, 0.29) is 6.73 Å². The van der Waals surface area contributed by atoms with E-state index in [9.17, 15) is 4.79 Å². The van der Waals surface area contributed by atoms with Crippen LogP contribution >= 0.6 is 15.9 Å². The lowest BCUT2D eigenvalue weighted by Gasteiger charge is -2.16. The van der Waals surface area contributed by atoms with Crippen LogP contribution in [0.4, 0.5) is 0 Å². The van der Waals surface area contributed by atoms with E-state index in [0.717, 1.165) is 18.8 Å². The second kappa shape index (κ2) is 7.95. The lowest BCUT2D eigenvalue weighted by atomic mass is 10.5. The molecule has 0 N–H and O–H groups in total. The number of nitrogens with zero attached hydrogens (tertiary/aromatic N) is 2. The van der Waals surface area contributed by atoms with Crippen molar-refractivity contribution in [3.05, 3.63) is 10.3 Å². The van der Waals surface area contributed by atoms with Crippen LogP contribution in [0.2, 0.25) is 25.7 Å². The van der Waals surface area contributed by atoms with Gasteiger partial charge in [-0.2, -0.15) is 4.98 Å². The third kappa shape index (κ3) is 5.38. The van der Waals surface area contributed by atoms with Crippen molar-refractivity contribution >= 4 is 30.3 Å². The summed E-state index contributed by atoms with van der Waals surface area (Å²) in [6.07, 6.45) is 1.65. The minimum absolute atomic E-state index is 0.288. The van der Waals surface area contributed by atoms with Gasteiger partial charge >= 0.3 is 0 Å². The fraction of sp³-hybridized carbons (Fsp3) is 0.692. The number of imidazole rings is 1. The number of aromatic nitrogens is 2. The molecule has 1 rings (SSSR count). The second-order valence-electron chi connectivity index (χ2n) is 5.81. The summed E-state index contributed by atoms with van der Waals surface area (Å²) in [5, 5.41) is 0. The first-order valence-electron chi connectivity index (χ1n) is 6.80. The number of halogens is 1. The van der Waals surface area contributed by atoms with Gasteiger partial charge in [0.1, 0.15) is 17.0 Å².